The van der Waals surface area contributed by atoms with Gasteiger partial charge in [-0.05, 0) is 73.7 Å². The maximum Gasteiger partial charge on any atom is 0.318 e. The molecule has 0 aromatic heterocycles. The first-order valence-electron chi connectivity index (χ1n) is 13.8. The molecule has 2 aromatic carbocycles. The van der Waals surface area contributed by atoms with E-state index in [2.05, 4.69) is 15.4 Å². The van der Waals surface area contributed by atoms with E-state index in [0.717, 1.165) is 42.4 Å². The number of fused-ring (bicyclic) bond motifs is 1. The highest BCUT2D eigenvalue weighted by atomic mass is 32.2. The number of aryl methyl sites for hydroxylation is 1. The van der Waals surface area contributed by atoms with Crippen LogP contribution in [0.4, 0.5) is 10.5 Å². The molecular weight excluding hydrogens is 532 g/mol. The van der Waals surface area contributed by atoms with Crippen molar-refractivity contribution in [2.75, 3.05) is 33.1 Å². The van der Waals surface area contributed by atoms with E-state index in [0.29, 0.717) is 49.0 Å². The van der Waals surface area contributed by atoms with Gasteiger partial charge in [0.2, 0.25) is 15.9 Å². The number of carbonyl (C=O) groups excluding carboxylic acids is 2. The SMILES string of the molecule is CNS(=O)(=O)c1ccc(C)c(NC(=O)[C@@H](CC2CCCCC2)NC(=O)N2CCc3cc(OC)c(OC)cc3C2)c1. The lowest BCUT2D eigenvalue weighted by Crippen LogP contribution is -2.51. The molecule has 3 amide bonds. The Labute approximate surface area is 236 Å². The number of nitrogens with zero attached hydrogens (tertiary/aromatic N) is 1. The predicted molar refractivity (Wildman–Crippen MR) is 153 cm³/mol. The molecule has 1 fully saturated rings. The number of benzene rings is 2. The zero-order valence-corrected chi connectivity index (χ0v) is 24.5. The summed E-state index contributed by atoms with van der Waals surface area (Å²) in [7, 11) is 0.844. The van der Waals surface area contributed by atoms with Gasteiger partial charge in [0, 0.05) is 18.8 Å². The van der Waals surface area contributed by atoms with Crippen LogP contribution >= 0.6 is 0 Å². The number of rotatable bonds is 9. The molecule has 1 atom stereocenters. The van der Waals surface area contributed by atoms with Crippen LogP contribution in [-0.4, -0.2) is 59.1 Å². The van der Waals surface area contributed by atoms with Gasteiger partial charge < -0.3 is 25.0 Å². The third kappa shape index (κ3) is 6.87. The topological polar surface area (TPSA) is 126 Å². The van der Waals surface area contributed by atoms with Gasteiger partial charge in [0.15, 0.2) is 11.5 Å². The summed E-state index contributed by atoms with van der Waals surface area (Å²) >= 11 is 0. The Balaban J connectivity index is 1.52. The maximum absolute atomic E-state index is 13.6. The average Bonchev–Trinajstić information content (AvgIpc) is 2.97. The Bertz CT molecular complexity index is 1340. The van der Waals surface area contributed by atoms with Crippen molar-refractivity contribution in [2.24, 2.45) is 5.92 Å². The number of carbonyl (C=O) groups is 2. The fourth-order valence-electron chi connectivity index (χ4n) is 5.53. The monoisotopic (exact) mass is 572 g/mol. The number of methoxy groups -OCH3 is 2. The standard InChI is InChI=1S/C29H40N4O6S/c1-19-10-11-23(40(36,37)30-2)17-24(19)31-28(34)25(14-20-8-6-5-7-9-20)32-29(35)33-13-12-21-15-26(38-3)27(39-4)16-22(21)18-33/h10-11,15-17,20,25,30H,5-9,12-14,18H2,1-4H3,(H,31,34)(H,32,35)/t25-/m1/s1. The second kappa shape index (κ2) is 12.9. The fraction of sp³-hybridized carbons (Fsp3) is 0.517. The molecule has 2 aliphatic rings. The summed E-state index contributed by atoms with van der Waals surface area (Å²) in [5.41, 5.74) is 3.20. The van der Waals surface area contributed by atoms with E-state index in [1.54, 1.807) is 32.1 Å². The van der Waals surface area contributed by atoms with Gasteiger partial charge in [0.05, 0.1) is 19.1 Å². The highest BCUT2D eigenvalue weighted by Gasteiger charge is 2.30. The van der Waals surface area contributed by atoms with Crippen LogP contribution in [0.15, 0.2) is 35.2 Å². The van der Waals surface area contributed by atoms with Crippen molar-refractivity contribution in [3.8, 4) is 11.5 Å². The smallest absolute Gasteiger partial charge is 0.318 e. The zero-order valence-electron chi connectivity index (χ0n) is 23.7. The Morgan fingerprint density at radius 3 is 2.35 bits per heavy atom. The van der Waals surface area contributed by atoms with Crippen molar-refractivity contribution < 1.29 is 27.5 Å². The molecular formula is C29H40N4O6S. The van der Waals surface area contributed by atoms with E-state index < -0.39 is 16.1 Å². The molecule has 1 aliphatic heterocycles. The molecule has 10 nitrogen and oxygen atoms in total. The van der Waals surface area contributed by atoms with E-state index in [1.165, 1.54) is 25.6 Å². The summed E-state index contributed by atoms with van der Waals surface area (Å²) in [4.78, 5) is 28.8. The minimum atomic E-state index is -3.68. The number of hydrogen-bond donors (Lipinski definition) is 3. The third-order valence-electron chi connectivity index (χ3n) is 7.96. The molecule has 0 bridgehead atoms. The molecule has 1 saturated carbocycles. The summed E-state index contributed by atoms with van der Waals surface area (Å²) in [6.45, 7) is 2.70. The van der Waals surface area contributed by atoms with Crippen LogP contribution in [0.25, 0.3) is 0 Å². The predicted octanol–water partition coefficient (Wildman–Crippen LogP) is 3.97. The first-order chi connectivity index (χ1) is 19.1. The molecule has 218 valence electrons. The van der Waals surface area contributed by atoms with Gasteiger partial charge >= 0.3 is 6.03 Å². The van der Waals surface area contributed by atoms with Crippen LogP contribution in [0.3, 0.4) is 0 Å². The summed E-state index contributed by atoms with van der Waals surface area (Å²) in [5, 5.41) is 5.89. The highest BCUT2D eigenvalue weighted by molar-refractivity contribution is 7.89. The summed E-state index contributed by atoms with van der Waals surface area (Å²) < 4.78 is 37.8. The van der Waals surface area contributed by atoms with E-state index in [9.17, 15) is 18.0 Å². The Morgan fingerprint density at radius 1 is 1.02 bits per heavy atom. The minimum Gasteiger partial charge on any atom is -0.493 e. The molecule has 1 aliphatic carbocycles. The van der Waals surface area contributed by atoms with E-state index in [4.69, 9.17) is 9.47 Å². The highest BCUT2D eigenvalue weighted by Crippen LogP contribution is 2.33. The van der Waals surface area contributed by atoms with Crippen LogP contribution in [0, 0.1) is 12.8 Å². The number of amides is 3. The first-order valence-corrected chi connectivity index (χ1v) is 15.3. The number of anilines is 1. The maximum atomic E-state index is 13.6. The molecule has 0 radical (unpaired) electrons. The van der Waals surface area contributed by atoms with Crippen molar-refractivity contribution in [1.29, 1.82) is 0 Å². The van der Waals surface area contributed by atoms with Crippen molar-refractivity contribution in [3.63, 3.8) is 0 Å². The largest absolute Gasteiger partial charge is 0.493 e. The molecule has 0 unspecified atom stereocenters. The number of urea groups is 1. The van der Waals surface area contributed by atoms with Gasteiger partial charge in [-0.1, -0.05) is 38.2 Å². The van der Waals surface area contributed by atoms with Gasteiger partial charge in [-0.2, -0.15) is 0 Å². The second-order valence-corrected chi connectivity index (χ2v) is 12.4. The Morgan fingerprint density at radius 2 is 1.70 bits per heavy atom. The van der Waals surface area contributed by atoms with Crippen molar-refractivity contribution in [2.45, 2.75) is 69.4 Å². The summed E-state index contributed by atoms with van der Waals surface area (Å²) in [6.07, 6.45) is 6.65. The molecule has 3 N–H and O–H groups in total. The van der Waals surface area contributed by atoms with E-state index in [1.807, 2.05) is 12.1 Å². The normalized spacial score (nSPS) is 16.6. The van der Waals surface area contributed by atoms with Crippen molar-refractivity contribution >= 4 is 27.6 Å². The number of nitrogens with one attached hydrogen (secondary N) is 3. The minimum absolute atomic E-state index is 0.0582. The summed E-state index contributed by atoms with van der Waals surface area (Å²) in [6, 6.07) is 7.38. The van der Waals surface area contributed by atoms with Crippen LogP contribution in [0.5, 0.6) is 11.5 Å². The molecule has 11 heteroatoms. The molecule has 2 aromatic rings. The van der Waals surface area contributed by atoms with Crippen molar-refractivity contribution in [1.82, 2.24) is 14.9 Å². The molecule has 1 heterocycles. The molecule has 0 spiro atoms. The zero-order chi connectivity index (χ0) is 28.9. The van der Waals surface area contributed by atoms with Crippen LogP contribution in [0.2, 0.25) is 0 Å². The number of hydrogen-bond acceptors (Lipinski definition) is 6. The van der Waals surface area contributed by atoms with Gasteiger partial charge in [-0.15, -0.1) is 0 Å². The molecule has 0 saturated heterocycles. The Hall–Kier alpha value is -3.31. The Kier molecular flexibility index (Phi) is 9.57. The summed E-state index contributed by atoms with van der Waals surface area (Å²) in [5.74, 6) is 1.24. The van der Waals surface area contributed by atoms with Crippen molar-refractivity contribution in [3.05, 3.63) is 47.0 Å². The van der Waals surface area contributed by atoms with Crippen LogP contribution in [0.1, 0.15) is 55.2 Å². The molecule has 4 rings (SSSR count). The lowest BCUT2D eigenvalue weighted by molar-refractivity contribution is -0.118. The quantitative estimate of drug-likeness (QED) is 0.418. The lowest BCUT2D eigenvalue weighted by atomic mass is 9.84. The fourth-order valence-corrected chi connectivity index (χ4v) is 6.28. The van der Waals surface area contributed by atoms with E-state index >= 15 is 0 Å². The van der Waals surface area contributed by atoms with Gasteiger partial charge in [0.1, 0.15) is 6.04 Å². The average molecular weight is 573 g/mol. The first kappa shape index (κ1) is 29.7. The van der Waals surface area contributed by atoms with Crippen LogP contribution < -0.4 is 24.8 Å². The lowest BCUT2D eigenvalue weighted by Gasteiger charge is -2.32. The second-order valence-electron chi connectivity index (χ2n) is 10.6. The van der Waals surface area contributed by atoms with Gasteiger partial charge in [0.25, 0.3) is 0 Å². The van der Waals surface area contributed by atoms with Gasteiger partial charge in [-0.3, -0.25) is 4.79 Å². The van der Waals surface area contributed by atoms with E-state index in [-0.39, 0.29) is 16.8 Å². The third-order valence-corrected chi connectivity index (χ3v) is 9.37. The number of ether oxygens (including phenoxy) is 2. The molecule has 40 heavy (non-hydrogen) atoms. The van der Waals surface area contributed by atoms with Crippen LogP contribution in [-0.2, 0) is 27.8 Å². The van der Waals surface area contributed by atoms with Gasteiger partial charge in [-0.25, -0.2) is 17.9 Å². The number of sulfonamides is 1.